The van der Waals surface area contributed by atoms with E-state index in [0.29, 0.717) is 18.7 Å². The molecule has 0 atom stereocenters. The van der Waals surface area contributed by atoms with Gasteiger partial charge in [-0.25, -0.2) is 4.39 Å². The maximum absolute atomic E-state index is 14.1. The molecule has 21 heavy (non-hydrogen) atoms. The van der Waals surface area contributed by atoms with E-state index in [4.69, 9.17) is 0 Å². The molecule has 1 heterocycles. The highest BCUT2D eigenvalue weighted by molar-refractivity contribution is 5.54. The second-order valence-corrected chi connectivity index (χ2v) is 5.05. The van der Waals surface area contributed by atoms with Crippen LogP contribution >= 0.6 is 0 Å². The quantitative estimate of drug-likeness (QED) is 0.884. The largest absolute Gasteiger partial charge is 0.366 e. The Balaban J connectivity index is 2.31. The van der Waals surface area contributed by atoms with E-state index in [0.717, 1.165) is 23.6 Å². The van der Waals surface area contributed by atoms with Gasteiger partial charge in [-0.3, -0.25) is 4.98 Å². The van der Waals surface area contributed by atoms with Crippen molar-refractivity contribution in [1.29, 1.82) is 0 Å². The molecule has 0 aliphatic rings. The number of aryl methyl sites for hydroxylation is 1. The van der Waals surface area contributed by atoms with Gasteiger partial charge < -0.3 is 10.2 Å². The summed E-state index contributed by atoms with van der Waals surface area (Å²) in [5.41, 5.74) is 3.62. The maximum atomic E-state index is 14.1. The lowest BCUT2D eigenvalue weighted by Crippen LogP contribution is -2.25. The monoisotopic (exact) mass is 287 g/mol. The third-order valence-corrected chi connectivity index (χ3v) is 3.47. The van der Waals surface area contributed by atoms with E-state index in [1.807, 2.05) is 38.2 Å². The first-order valence-electron chi connectivity index (χ1n) is 7.25. The Morgan fingerprint density at radius 1 is 1.19 bits per heavy atom. The minimum atomic E-state index is -0.169. The molecule has 2 aromatic rings. The number of benzene rings is 1. The molecule has 0 bridgehead atoms. The van der Waals surface area contributed by atoms with Crippen LogP contribution in [0.4, 0.5) is 10.1 Å². The average Bonchev–Trinajstić information content (AvgIpc) is 2.47. The second-order valence-electron chi connectivity index (χ2n) is 5.05. The minimum Gasteiger partial charge on any atom is -0.366 e. The van der Waals surface area contributed by atoms with Crippen molar-refractivity contribution in [1.82, 2.24) is 10.3 Å². The van der Waals surface area contributed by atoms with Crippen LogP contribution in [0.25, 0.3) is 0 Å². The van der Waals surface area contributed by atoms with Crippen molar-refractivity contribution in [2.75, 3.05) is 18.5 Å². The van der Waals surface area contributed by atoms with Crippen molar-refractivity contribution >= 4 is 5.69 Å². The third kappa shape index (κ3) is 3.79. The number of pyridine rings is 1. The molecule has 1 aromatic heterocycles. The van der Waals surface area contributed by atoms with E-state index in [1.54, 1.807) is 6.07 Å². The molecule has 1 N–H and O–H groups in total. The molecule has 0 spiro atoms. The van der Waals surface area contributed by atoms with Crippen molar-refractivity contribution in [2.45, 2.75) is 26.9 Å². The molecule has 2 rings (SSSR count). The summed E-state index contributed by atoms with van der Waals surface area (Å²) in [6, 6.07) is 11.2. The van der Waals surface area contributed by atoms with Gasteiger partial charge in [0.15, 0.2) is 0 Å². The lowest BCUT2D eigenvalue weighted by molar-refractivity contribution is 0.598. The molecule has 0 fully saturated rings. The number of halogens is 1. The van der Waals surface area contributed by atoms with Crippen molar-refractivity contribution in [3.8, 4) is 0 Å². The fourth-order valence-electron chi connectivity index (χ4n) is 2.45. The van der Waals surface area contributed by atoms with Gasteiger partial charge in [0.05, 0.1) is 12.2 Å². The van der Waals surface area contributed by atoms with Gasteiger partial charge in [0.1, 0.15) is 5.82 Å². The Morgan fingerprint density at radius 2 is 1.95 bits per heavy atom. The summed E-state index contributed by atoms with van der Waals surface area (Å²) in [6.07, 6.45) is 0. The van der Waals surface area contributed by atoms with E-state index < -0.39 is 0 Å². The molecule has 0 aliphatic heterocycles. The predicted octanol–water partition coefficient (Wildman–Crippen LogP) is 3.28. The summed E-state index contributed by atoms with van der Waals surface area (Å²) in [4.78, 5) is 6.68. The number of anilines is 1. The van der Waals surface area contributed by atoms with Crippen LogP contribution in [0.3, 0.4) is 0 Å². The first-order chi connectivity index (χ1) is 10.2. The third-order valence-electron chi connectivity index (χ3n) is 3.47. The van der Waals surface area contributed by atoms with Crippen molar-refractivity contribution < 1.29 is 4.39 Å². The number of hydrogen-bond donors (Lipinski definition) is 1. The average molecular weight is 287 g/mol. The summed E-state index contributed by atoms with van der Waals surface area (Å²) in [5, 5.41) is 3.03. The van der Waals surface area contributed by atoms with Gasteiger partial charge in [0, 0.05) is 30.0 Å². The van der Waals surface area contributed by atoms with Crippen molar-refractivity contribution in [2.24, 2.45) is 0 Å². The first-order valence-corrected chi connectivity index (χ1v) is 7.25. The Kier molecular flexibility index (Phi) is 5.28. The van der Waals surface area contributed by atoms with E-state index in [2.05, 4.69) is 22.1 Å². The summed E-state index contributed by atoms with van der Waals surface area (Å²) in [5.74, 6) is -0.169. The molecular weight excluding hydrogens is 265 g/mol. The minimum absolute atomic E-state index is 0.169. The molecule has 0 aliphatic carbocycles. The summed E-state index contributed by atoms with van der Waals surface area (Å²) >= 11 is 0. The molecule has 112 valence electrons. The van der Waals surface area contributed by atoms with Gasteiger partial charge in [-0.05, 0) is 45.2 Å². The number of aromatic nitrogens is 1. The van der Waals surface area contributed by atoms with Crippen LogP contribution in [-0.4, -0.2) is 18.6 Å². The molecule has 4 heteroatoms. The van der Waals surface area contributed by atoms with Gasteiger partial charge in [-0.1, -0.05) is 12.1 Å². The number of nitrogens with one attached hydrogen (secondary N) is 1. The van der Waals surface area contributed by atoms with Crippen molar-refractivity contribution in [3.05, 3.63) is 59.2 Å². The number of rotatable bonds is 6. The van der Waals surface area contributed by atoms with Crippen LogP contribution in [0.2, 0.25) is 0 Å². The maximum Gasteiger partial charge on any atom is 0.129 e. The van der Waals surface area contributed by atoms with Gasteiger partial charge in [0.25, 0.3) is 0 Å². The summed E-state index contributed by atoms with van der Waals surface area (Å²) < 4.78 is 14.1. The van der Waals surface area contributed by atoms with Crippen molar-refractivity contribution in [3.63, 3.8) is 0 Å². The van der Waals surface area contributed by atoms with E-state index >= 15 is 0 Å². The van der Waals surface area contributed by atoms with Crippen LogP contribution < -0.4 is 10.2 Å². The Morgan fingerprint density at radius 3 is 2.62 bits per heavy atom. The van der Waals surface area contributed by atoms with Crippen LogP contribution in [0, 0.1) is 12.7 Å². The normalized spacial score (nSPS) is 10.7. The second kappa shape index (κ2) is 7.18. The van der Waals surface area contributed by atoms with E-state index in [-0.39, 0.29) is 5.82 Å². The molecule has 1 aromatic carbocycles. The zero-order valence-electron chi connectivity index (χ0n) is 12.9. The molecule has 0 amide bonds. The Hall–Kier alpha value is -1.94. The molecule has 0 radical (unpaired) electrons. The Bertz CT molecular complexity index is 598. The molecule has 0 unspecified atom stereocenters. The van der Waals surface area contributed by atoms with Crippen LogP contribution in [-0.2, 0) is 13.1 Å². The fourth-order valence-corrected chi connectivity index (χ4v) is 2.45. The van der Waals surface area contributed by atoms with Gasteiger partial charge in [-0.15, -0.1) is 0 Å². The molecule has 3 nitrogen and oxygen atoms in total. The lowest BCUT2D eigenvalue weighted by atomic mass is 10.1. The number of nitrogens with zero attached hydrogens (tertiary/aromatic N) is 2. The summed E-state index contributed by atoms with van der Waals surface area (Å²) in [6.45, 7) is 6.05. The summed E-state index contributed by atoms with van der Waals surface area (Å²) in [7, 11) is 1.83. The zero-order chi connectivity index (χ0) is 15.2. The first kappa shape index (κ1) is 15.4. The van der Waals surface area contributed by atoms with Gasteiger partial charge in [0.2, 0.25) is 0 Å². The predicted molar refractivity (Wildman–Crippen MR) is 84.9 cm³/mol. The standard InChI is InChI=1S/C17H22FN3/c1-4-21(12-14-8-5-7-13(2)20-14)17-10-6-9-16(18)15(17)11-19-3/h5-10,19H,4,11-12H2,1-3H3. The van der Waals surface area contributed by atoms with E-state index in [1.165, 1.54) is 6.07 Å². The number of hydrogen-bond acceptors (Lipinski definition) is 3. The SMILES string of the molecule is CCN(Cc1cccc(C)n1)c1cccc(F)c1CNC. The topological polar surface area (TPSA) is 28.2 Å². The van der Waals surface area contributed by atoms with Crippen LogP contribution in [0.15, 0.2) is 36.4 Å². The zero-order valence-corrected chi connectivity index (χ0v) is 12.9. The molecule has 0 saturated heterocycles. The van der Waals surface area contributed by atoms with Gasteiger partial charge >= 0.3 is 0 Å². The van der Waals surface area contributed by atoms with Crippen LogP contribution in [0.5, 0.6) is 0 Å². The fraction of sp³-hybridized carbons (Fsp3) is 0.353. The molecular formula is C17H22FN3. The smallest absolute Gasteiger partial charge is 0.129 e. The Labute approximate surface area is 125 Å². The highest BCUT2D eigenvalue weighted by atomic mass is 19.1. The van der Waals surface area contributed by atoms with Gasteiger partial charge in [-0.2, -0.15) is 0 Å². The highest BCUT2D eigenvalue weighted by Gasteiger charge is 2.14. The van der Waals surface area contributed by atoms with Crippen LogP contribution in [0.1, 0.15) is 23.9 Å². The van der Waals surface area contributed by atoms with E-state index in [9.17, 15) is 4.39 Å². The highest BCUT2D eigenvalue weighted by Crippen LogP contribution is 2.24. The lowest BCUT2D eigenvalue weighted by Gasteiger charge is -2.26. The molecule has 0 saturated carbocycles.